The van der Waals surface area contributed by atoms with E-state index < -0.39 is 11.6 Å². The molecule has 0 atom stereocenters. The van der Waals surface area contributed by atoms with Crippen molar-refractivity contribution < 1.29 is 8.78 Å². The Hall–Kier alpha value is -1.58. The van der Waals surface area contributed by atoms with E-state index in [0.29, 0.717) is 0 Å². The van der Waals surface area contributed by atoms with Crippen LogP contribution in [-0.4, -0.2) is 0 Å². The van der Waals surface area contributed by atoms with Gasteiger partial charge in [-0.15, -0.1) is 0 Å². The molecule has 4 heteroatoms. The molecule has 0 bridgehead atoms. The maximum absolute atomic E-state index is 13.0. The molecule has 0 fully saturated rings. The molecule has 2 N–H and O–H groups in total. The van der Waals surface area contributed by atoms with E-state index in [-0.39, 0.29) is 10.4 Å². The molecular weight excluding hydrogens is 162 g/mol. The van der Waals surface area contributed by atoms with Crippen LogP contribution in [0.4, 0.5) is 8.78 Å². The van der Waals surface area contributed by atoms with E-state index in [1.807, 2.05) is 0 Å². The summed E-state index contributed by atoms with van der Waals surface area (Å²) in [5.74, 6) is -0.867. The van der Waals surface area contributed by atoms with Crippen LogP contribution in [0.15, 0.2) is 12.1 Å². The fourth-order valence-electron chi connectivity index (χ4n) is 1.10. The quantitative estimate of drug-likeness (QED) is 0.548. The van der Waals surface area contributed by atoms with E-state index in [9.17, 15) is 8.78 Å². The number of halogens is 2. The average Bonchev–Trinajstić information content (AvgIpc) is 2.12. The Morgan fingerprint density at radius 2 is 1.25 bits per heavy atom. The molecule has 1 heterocycles. The van der Waals surface area contributed by atoms with Crippen LogP contribution in [0, 0.1) is 11.6 Å². The van der Waals surface area contributed by atoms with Gasteiger partial charge < -0.3 is 10.9 Å². The zero-order valence-electron chi connectivity index (χ0n) is 6.07. The molecule has 2 nitrogen and oxygen atoms in total. The monoisotopic (exact) mass is 168 g/mol. The number of hydrazine groups is 1. The number of hydrogen-bond acceptors (Lipinski definition) is 2. The van der Waals surface area contributed by atoms with Gasteiger partial charge in [0.2, 0.25) is 0 Å². The highest BCUT2D eigenvalue weighted by Gasteiger charge is 2.02. The molecule has 0 saturated heterocycles. The number of nitrogens with one attached hydrogen (secondary N) is 2. The minimum absolute atomic E-state index is 0.244. The molecule has 0 unspecified atom stereocenters. The molecule has 0 spiro atoms. The Labute approximate surface area is 67.2 Å². The van der Waals surface area contributed by atoms with Crippen molar-refractivity contribution in [3.8, 4) is 0 Å². The molecule has 1 aromatic carbocycles. The molecule has 1 aliphatic rings. The third kappa shape index (κ3) is 0.922. The van der Waals surface area contributed by atoms with Crippen LogP contribution in [0.5, 0.6) is 0 Å². The lowest BCUT2D eigenvalue weighted by molar-refractivity contribution is 0.579. The van der Waals surface area contributed by atoms with Crippen molar-refractivity contribution in [2.24, 2.45) is 0 Å². The zero-order valence-corrected chi connectivity index (χ0v) is 6.07. The third-order valence-electron chi connectivity index (χ3n) is 1.70. The van der Waals surface area contributed by atoms with Crippen LogP contribution in [0.3, 0.4) is 0 Å². The molecule has 62 valence electrons. The van der Waals surface area contributed by atoms with Crippen molar-refractivity contribution in [1.82, 2.24) is 10.9 Å². The van der Waals surface area contributed by atoms with Crippen LogP contribution < -0.4 is 21.3 Å². The van der Waals surface area contributed by atoms with Crippen molar-refractivity contribution in [3.05, 3.63) is 34.2 Å². The molecule has 0 aliphatic carbocycles. The molecule has 0 aromatic heterocycles. The van der Waals surface area contributed by atoms with Crippen LogP contribution in [0.2, 0.25) is 0 Å². The fraction of sp³-hybridized carbons (Fsp3) is 0. The second-order valence-corrected chi connectivity index (χ2v) is 2.43. The summed E-state index contributed by atoms with van der Waals surface area (Å²) >= 11 is 0. The molecule has 1 aromatic rings. The predicted molar refractivity (Wildman–Crippen MR) is 40.8 cm³/mol. The highest BCUT2D eigenvalue weighted by atomic mass is 19.1. The summed E-state index contributed by atoms with van der Waals surface area (Å²) in [7, 11) is 0. The van der Waals surface area contributed by atoms with Crippen molar-refractivity contribution >= 4 is 12.4 Å². The molecule has 12 heavy (non-hydrogen) atoms. The second kappa shape index (κ2) is 2.48. The van der Waals surface area contributed by atoms with Gasteiger partial charge in [0.25, 0.3) is 0 Å². The minimum Gasteiger partial charge on any atom is -0.308 e. The smallest absolute Gasteiger partial charge is 0.132 e. The highest BCUT2D eigenvalue weighted by molar-refractivity contribution is 5.35. The summed E-state index contributed by atoms with van der Waals surface area (Å²) in [6, 6.07) is 2.21. The van der Waals surface area contributed by atoms with Gasteiger partial charge in [-0.25, -0.2) is 8.78 Å². The highest BCUT2D eigenvalue weighted by Crippen LogP contribution is 1.90. The number of hydrogen-bond donors (Lipinski definition) is 2. The predicted octanol–water partition coefficient (Wildman–Crippen LogP) is -0.451. The Morgan fingerprint density at radius 1 is 0.833 bits per heavy atom. The maximum Gasteiger partial charge on any atom is 0.132 e. The lowest BCUT2D eigenvalue weighted by Gasteiger charge is -2.05. The summed E-state index contributed by atoms with van der Waals surface area (Å²) in [6.07, 6.45) is 2.77. The molecule has 2 rings (SSSR count). The van der Waals surface area contributed by atoms with Crippen LogP contribution in [0.1, 0.15) is 0 Å². The van der Waals surface area contributed by atoms with E-state index >= 15 is 0 Å². The van der Waals surface area contributed by atoms with Gasteiger partial charge in [0, 0.05) is 22.8 Å². The maximum atomic E-state index is 13.0. The topological polar surface area (TPSA) is 24.1 Å². The molecule has 1 aliphatic heterocycles. The lowest BCUT2D eigenvalue weighted by Crippen LogP contribution is -2.42. The van der Waals surface area contributed by atoms with E-state index in [1.54, 1.807) is 0 Å². The fourth-order valence-corrected chi connectivity index (χ4v) is 1.10. The first kappa shape index (κ1) is 7.09. The van der Waals surface area contributed by atoms with Gasteiger partial charge in [-0.05, 0) is 12.1 Å². The van der Waals surface area contributed by atoms with Gasteiger partial charge in [-0.3, -0.25) is 0 Å². The van der Waals surface area contributed by atoms with Crippen LogP contribution in [-0.2, 0) is 0 Å². The first-order chi connectivity index (χ1) is 5.79. The van der Waals surface area contributed by atoms with Crippen molar-refractivity contribution in [2.45, 2.75) is 0 Å². The Balaban J connectivity index is 2.92. The van der Waals surface area contributed by atoms with E-state index in [2.05, 4.69) is 10.9 Å². The van der Waals surface area contributed by atoms with Gasteiger partial charge in [0.1, 0.15) is 11.6 Å². The molecule has 0 amide bonds. The zero-order chi connectivity index (χ0) is 8.55. The van der Waals surface area contributed by atoms with E-state index in [0.717, 1.165) is 12.1 Å². The van der Waals surface area contributed by atoms with Gasteiger partial charge in [-0.2, -0.15) is 0 Å². The lowest BCUT2D eigenvalue weighted by atomic mass is 10.2. The average molecular weight is 168 g/mol. The summed E-state index contributed by atoms with van der Waals surface area (Å²) in [5.41, 5.74) is 5.14. The first-order valence-corrected chi connectivity index (χ1v) is 3.44. The summed E-state index contributed by atoms with van der Waals surface area (Å²) in [6.45, 7) is 0. The largest absolute Gasteiger partial charge is 0.308 e. The SMILES string of the molecule is Fc1ccc(F)c2c1=CNNC=2. The van der Waals surface area contributed by atoms with Crippen LogP contribution in [0.25, 0.3) is 12.4 Å². The Kier molecular flexibility index (Phi) is 1.46. The Morgan fingerprint density at radius 3 is 1.67 bits per heavy atom. The molecular formula is C8H6F2N2. The molecule has 0 saturated carbocycles. The van der Waals surface area contributed by atoms with Gasteiger partial charge >= 0.3 is 0 Å². The second-order valence-electron chi connectivity index (χ2n) is 2.43. The van der Waals surface area contributed by atoms with Gasteiger partial charge in [0.05, 0.1) is 0 Å². The van der Waals surface area contributed by atoms with E-state index in [4.69, 9.17) is 0 Å². The van der Waals surface area contributed by atoms with Gasteiger partial charge in [0.15, 0.2) is 0 Å². The number of fused-ring (bicyclic) bond motifs is 1. The summed E-state index contributed by atoms with van der Waals surface area (Å²) < 4.78 is 25.9. The third-order valence-corrected chi connectivity index (χ3v) is 1.70. The summed E-state index contributed by atoms with van der Waals surface area (Å²) in [4.78, 5) is 0. The van der Waals surface area contributed by atoms with Crippen molar-refractivity contribution in [2.75, 3.05) is 0 Å². The minimum atomic E-state index is -0.434. The normalized spacial score (nSPS) is 13.2. The van der Waals surface area contributed by atoms with Crippen molar-refractivity contribution in [3.63, 3.8) is 0 Å². The number of rotatable bonds is 0. The summed E-state index contributed by atoms with van der Waals surface area (Å²) in [5, 5.41) is 0.488. The molecule has 0 radical (unpaired) electrons. The van der Waals surface area contributed by atoms with E-state index in [1.165, 1.54) is 12.4 Å². The van der Waals surface area contributed by atoms with Crippen molar-refractivity contribution in [1.29, 1.82) is 0 Å². The Bertz CT molecular complexity index is 384. The van der Waals surface area contributed by atoms with Gasteiger partial charge in [-0.1, -0.05) is 0 Å². The number of benzene rings is 1. The standard InChI is InChI=1S/C8H6F2N2/c9-7-1-2-8(10)6-4-12-11-3-5(6)7/h1-4,11-12H. The first-order valence-electron chi connectivity index (χ1n) is 3.44. The van der Waals surface area contributed by atoms with Crippen LogP contribution >= 0.6 is 0 Å².